The van der Waals surface area contributed by atoms with Gasteiger partial charge in [-0.15, -0.1) is 0 Å². The van der Waals surface area contributed by atoms with Crippen molar-refractivity contribution in [2.75, 3.05) is 19.8 Å². The second kappa shape index (κ2) is 2.32. The van der Waals surface area contributed by atoms with E-state index >= 15 is 0 Å². The van der Waals surface area contributed by atoms with E-state index in [-0.39, 0.29) is 23.6 Å². The van der Waals surface area contributed by atoms with E-state index < -0.39 is 0 Å². The summed E-state index contributed by atoms with van der Waals surface area (Å²) in [5.74, 6) is 0. The fourth-order valence-electron chi connectivity index (χ4n) is 3.38. The number of ether oxygens (including phenoxy) is 2. The highest BCUT2D eigenvalue weighted by molar-refractivity contribution is 5.14. The van der Waals surface area contributed by atoms with Gasteiger partial charge in [0.1, 0.15) is 11.4 Å². The van der Waals surface area contributed by atoms with E-state index in [4.69, 9.17) is 9.47 Å². The van der Waals surface area contributed by atoms with Crippen LogP contribution in [0.15, 0.2) is 0 Å². The first-order valence-electron chi connectivity index (χ1n) is 5.24. The first-order chi connectivity index (χ1) is 6.55. The van der Waals surface area contributed by atoms with Crippen molar-refractivity contribution in [2.24, 2.45) is 0 Å². The minimum absolute atomic E-state index is 0.123. The molecule has 14 heavy (non-hydrogen) atoms. The molecule has 0 aromatic carbocycles. The van der Waals surface area contributed by atoms with Gasteiger partial charge < -0.3 is 14.6 Å². The molecule has 3 heterocycles. The number of hydrogen-bond acceptors (Lipinski definition) is 4. The standard InChI is InChI=1S/C10H17NO3/c1-8-3-4-9(2)11(8)10(5-12,6-13-8)7-14-9/h12H,3-7H2,1-2H3/t8-,9-/m0/s1. The zero-order valence-electron chi connectivity index (χ0n) is 8.75. The first kappa shape index (κ1) is 9.09. The van der Waals surface area contributed by atoms with E-state index in [0.29, 0.717) is 13.2 Å². The van der Waals surface area contributed by atoms with E-state index in [1.54, 1.807) is 0 Å². The molecule has 4 nitrogen and oxygen atoms in total. The van der Waals surface area contributed by atoms with Crippen molar-refractivity contribution in [3.05, 3.63) is 0 Å². The van der Waals surface area contributed by atoms with Crippen LogP contribution in [0, 0.1) is 0 Å². The second-order valence-corrected chi connectivity index (χ2v) is 5.15. The van der Waals surface area contributed by atoms with Crippen molar-refractivity contribution < 1.29 is 14.6 Å². The van der Waals surface area contributed by atoms with Crippen LogP contribution in [0.5, 0.6) is 0 Å². The molecule has 0 radical (unpaired) electrons. The van der Waals surface area contributed by atoms with Crippen LogP contribution in [0.3, 0.4) is 0 Å². The third-order valence-corrected chi connectivity index (χ3v) is 4.07. The Labute approximate surface area is 83.8 Å². The summed E-state index contributed by atoms with van der Waals surface area (Å²) in [5, 5.41) is 9.52. The molecule has 0 saturated carbocycles. The van der Waals surface area contributed by atoms with Gasteiger partial charge in [-0.2, -0.15) is 0 Å². The molecule has 80 valence electrons. The zero-order chi connectivity index (χ0) is 10.0. The fraction of sp³-hybridized carbons (Fsp3) is 1.00. The predicted molar refractivity (Wildman–Crippen MR) is 49.6 cm³/mol. The van der Waals surface area contributed by atoms with Crippen LogP contribution in [0.2, 0.25) is 0 Å². The second-order valence-electron chi connectivity index (χ2n) is 5.15. The molecule has 0 aromatic rings. The average molecular weight is 199 g/mol. The fourth-order valence-corrected chi connectivity index (χ4v) is 3.38. The van der Waals surface area contributed by atoms with Crippen molar-refractivity contribution in [2.45, 2.75) is 43.7 Å². The minimum atomic E-state index is -0.278. The largest absolute Gasteiger partial charge is 0.394 e. The average Bonchev–Trinajstić information content (AvgIpc) is 2.72. The minimum Gasteiger partial charge on any atom is -0.394 e. The molecule has 3 fully saturated rings. The smallest absolute Gasteiger partial charge is 0.122 e. The predicted octanol–water partition coefficient (Wildman–Crippen LogP) is 0.306. The molecular formula is C10H17NO3. The first-order valence-corrected chi connectivity index (χ1v) is 5.24. The topological polar surface area (TPSA) is 41.9 Å². The maximum absolute atomic E-state index is 9.52. The van der Waals surface area contributed by atoms with Crippen molar-refractivity contribution in [3.63, 3.8) is 0 Å². The number of aliphatic hydroxyl groups is 1. The van der Waals surface area contributed by atoms with Gasteiger partial charge in [0.2, 0.25) is 0 Å². The molecule has 3 aliphatic heterocycles. The van der Waals surface area contributed by atoms with Crippen molar-refractivity contribution in [1.82, 2.24) is 4.90 Å². The van der Waals surface area contributed by atoms with Crippen LogP contribution in [0.4, 0.5) is 0 Å². The summed E-state index contributed by atoms with van der Waals surface area (Å²) in [4.78, 5) is 2.26. The molecule has 2 atom stereocenters. The summed E-state index contributed by atoms with van der Waals surface area (Å²) in [7, 11) is 0. The van der Waals surface area contributed by atoms with E-state index in [2.05, 4.69) is 18.7 Å². The number of hydrogen-bond donors (Lipinski definition) is 1. The number of aliphatic hydroxyl groups excluding tert-OH is 1. The molecule has 0 bridgehead atoms. The van der Waals surface area contributed by atoms with Crippen LogP contribution >= 0.6 is 0 Å². The summed E-state index contributed by atoms with van der Waals surface area (Å²) in [6.07, 6.45) is 1.98. The molecule has 3 rings (SSSR count). The number of nitrogens with zero attached hydrogens (tertiary/aromatic N) is 1. The van der Waals surface area contributed by atoms with E-state index in [9.17, 15) is 5.11 Å². The van der Waals surface area contributed by atoms with Gasteiger partial charge in [-0.1, -0.05) is 0 Å². The van der Waals surface area contributed by atoms with Gasteiger partial charge in [0.15, 0.2) is 0 Å². The van der Waals surface area contributed by atoms with Gasteiger partial charge in [-0.05, 0) is 26.7 Å². The normalized spacial score (nSPS) is 56.8. The molecule has 0 spiro atoms. The van der Waals surface area contributed by atoms with Gasteiger partial charge in [0.25, 0.3) is 0 Å². The van der Waals surface area contributed by atoms with E-state index in [1.807, 2.05) is 0 Å². The van der Waals surface area contributed by atoms with Gasteiger partial charge in [-0.3, -0.25) is 0 Å². The van der Waals surface area contributed by atoms with Crippen LogP contribution in [0.1, 0.15) is 26.7 Å². The Morgan fingerprint density at radius 1 is 1.14 bits per heavy atom. The molecule has 4 heteroatoms. The Bertz CT molecular complexity index is 261. The van der Waals surface area contributed by atoms with Crippen LogP contribution in [-0.2, 0) is 9.47 Å². The lowest BCUT2D eigenvalue weighted by molar-refractivity contribution is -0.125. The SMILES string of the molecule is C[C@@]12CC[C@]3(C)OCC(CO)(CO1)N23. The summed E-state index contributed by atoms with van der Waals surface area (Å²) >= 11 is 0. The molecule has 0 unspecified atom stereocenters. The van der Waals surface area contributed by atoms with Crippen molar-refractivity contribution >= 4 is 0 Å². The van der Waals surface area contributed by atoms with Gasteiger partial charge in [0, 0.05) is 0 Å². The Morgan fingerprint density at radius 2 is 1.64 bits per heavy atom. The van der Waals surface area contributed by atoms with Gasteiger partial charge in [-0.25, -0.2) is 4.90 Å². The highest BCUT2D eigenvalue weighted by Crippen LogP contribution is 2.55. The molecule has 0 amide bonds. The van der Waals surface area contributed by atoms with E-state index in [1.165, 1.54) is 0 Å². The summed E-state index contributed by atoms with van der Waals surface area (Å²) in [6.45, 7) is 5.51. The van der Waals surface area contributed by atoms with Crippen LogP contribution in [0.25, 0.3) is 0 Å². The molecular weight excluding hydrogens is 182 g/mol. The highest BCUT2D eigenvalue weighted by atomic mass is 16.6. The van der Waals surface area contributed by atoms with Crippen LogP contribution in [-0.4, -0.2) is 46.8 Å². The van der Waals surface area contributed by atoms with Crippen LogP contribution < -0.4 is 0 Å². The maximum atomic E-state index is 9.52. The molecule has 3 aliphatic rings. The lowest BCUT2D eigenvalue weighted by atomic mass is 10.0. The molecule has 1 N–H and O–H groups in total. The maximum Gasteiger partial charge on any atom is 0.122 e. The Morgan fingerprint density at radius 3 is 2.07 bits per heavy atom. The highest BCUT2D eigenvalue weighted by Gasteiger charge is 2.68. The third-order valence-electron chi connectivity index (χ3n) is 4.07. The van der Waals surface area contributed by atoms with Crippen molar-refractivity contribution in [1.29, 1.82) is 0 Å². The summed E-state index contributed by atoms with van der Waals surface area (Å²) in [5.41, 5.74) is -0.706. The molecule has 0 aliphatic carbocycles. The lowest BCUT2D eigenvalue weighted by Gasteiger charge is -2.37. The van der Waals surface area contributed by atoms with E-state index in [0.717, 1.165) is 12.8 Å². The quantitative estimate of drug-likeness (QED) is 0.660. The number of rotatable bonds is 1. The Balaban J connectivity index is 2.08. The zero-order valence-corrected chi connectivity index (χ0v) is 8.75. The Hall–Kier alpha value is -0.160. The monoisotopic (exact) mass is 199 g/mol. The lowest BCUT2D eigenvalue weighted by Crippen LogP contribution is -2.55. The summed E-state index contributed by atoms with van der Waals surface area (Å²) in [6, 6.07) is 0. The summed E-state index contributed by atoms with van der Waals surface area (Å²) < 4.78 is 11.7. The molecule has 3 saturated heterocycles. The molecule has 0 aromatic heterocycles. The van der Waals surface area contributed by atoms with Gasteiger partial charge in [0.05, 0.1) is 25.4 Å². The van der Waals surface area contributed by atoms with Crippen molar-refractivity contribution in [3.8, 4) is 0 Å². The Kier molecular flexibility index (Phi) is 1.51. The van der Waals surface area contributed by atoms with Gasteiger partial charge >= 0.3 is 0 Å². The third kappa shape index (κ3) is 0.795.